The summed E-state index contributed by atoms with van der Waals surface area (Å²) in [5, 5.41) is 3.06. The molecule has 26 heavy (non-hydrogen) atoms. The second-order valence-corrected chi connectivity index (χ2v) is 7.39. The molecule has 1 aromatic carbocycles. The minimum absolute atomic E-state index is 0.0861. The predicted molar refractivity (Wildman–Crippen MR) is 100 cm³/mol. The number of anilines is 1. The van der Waals surface area contributed by atoms with E-state index in [2.05, 4.69) is 15.2 Å². The largest absolute Gasteiger partial charge is 0.423 e. The number of aromatic nitrogens is 1. The Hall–Kier alpha value is -2.08. The van der Waals surface area contributed by atoms with E-state index in [-0.39, 0.29) is 11.8 Å². The molecule has 2 heterocycles. The van der Waals surface area contributed by atoms with Crippen molar-refractivity contribution in [3.63, 3.8) is 0 Å². The van der Waals surface area contributed by atoms with E-state index >= 15 is 0 Å². The molecule has 1 N–H and O–H groups in total. The number of hydrogen-bond acceptors (Lipinski definition) is 5. The van der Waals surface area contributed by atoms with E-state index in [0.29, 0.717) is 12.6 Å². The zero-order chi connectivity index (χ0) is 17.8. The van der Waals surface area contributed by atoms with Gasteiger partial charge in [-0.05, 0) is 50.2 Å². The topological polar surface area (TPSA) is 67.6 Å². The first-order valence-corrected chi connectivity index (χ1v) is 9.75. The quantitative estimate of drug-likeness (QED) is 0.736. The molecule has 0 radical (unpaired) electrons. The molecule has 1 aliphatic heterocycles. The highest BCUT2D eigenvalue weighted by atomic mass is 16.5. The van der Waals surface area contributed by atoms with Crippen molar-refractivity contribution in [2.45, 2.75) is 32.1 Å². The lowest BCUT2D eigenvalue weighted by atomic mass is 9.96. The van der Waals surface area contributed by atoms with Gasteiger partial charge in [0.1, 0.15) is 5.52 Å². The number of fused-ring (bicyclic) bond motifs is 1. The van der Waals surface area contributed by atoms with Crippen LogP contribution in [0.4, 0.5) is 6.01 Å². The molecule has 4 rings (SSSR count). The van der Waals surface area contributed by atoms with Gasteiger partial charge in [0.2, 0.25) is 5.91 Å². The molecule has 0 spiro atoms. The third-order valence-corrected chi connectivity index (χ3v) is 5.23. The lowest BCUT2D eigenvalue weighted by molar-refractivity contribution is -0.125. The van der Waals surface area contributed by atoms with Gasteiger partial charge in [-0.3, -0.25) is 4.79 Å². The SMILES string of the molecule is O=C(NCCCOCC1CC1)C1CCN(c2nc3ccccc3o2)CC1. The summed E-state index contributed by atoms with van der Waals surface area (Å²) in [5.41, 5.74) is 1.69. The van der Waals surface area contributed by atoms with Crippen molar-refractivity contribution in [1.29, 1.82) is 0 Å². The third kappa shape index (κ3) is 4.36. The summed E-state index contributed by atoms with van der Waals surface area (Å²) in [6.45, 7) is 3.94. The van der Waals surface area contributed by atoms with Crippen LogP contribution in [-0.4, -0.2) is 43.7 Å². The molecule has 0 bridgehead atoms. The minimum Gasteiger partial charge on any atom is -0.423 e. The fourth-order valence-electron chi connectivity index (χ4n) is 3.39. The number of rotatable bonds is 8. The van der Waals surface area contributed by atoms with Gasteiger partial charge in [0.15, 0.2) is 5.58 Å². The summed E-state index contributed by atoms with van der Waals surface area (Å²) in [7, 11) is 0. The van der Waals surface area contributed by atoms with Crippen LogP contribution < -0.4 is 10.2 Å². The van der Waals surface area contributed by atoms with Gasteiger partial charge < -0.3 is 19.4 Å². The Labute approximate surface area is 153 Å². The predicted octanol–water partition coefficient (Wildman–Crippen LogP) is 2.98. The maximum atomic E-state index is 12.3. The van der Waals surface area contributed by atoms with Crippen molar-refractivity contribution >= 4 is 23.0 Å². The van der Waals surface area contributed by atoms with Crippen LogP contribution in [0.2, 0.25) is 0 Å². The zero-order valence-corrected chi connectivity index (χ0v) is 15.2. The summed E-state index contributed by atoms with van der Waals surface area (Å²) in [6, 6.07) is 8.46. The number of benzene rings is 1. The lowest BCUT2D eigenvalue weighted by Crippen LogP contribution is -2.41. The summed E-state index contributed by atoms with van der Waals surface area (Å²) < 4.78 is 11.4. The first-order chi connectivity index (χ1) is 12.8. The normalized spacial score (nSPS) is 18.4. The summed E-state index contributed by atoms with van der Waals surface area (Å²) in [5.74, 6) is 1.06. The molecule has 6 nitrogen and oxygen atoms in total. The standard InChI is InChI=1S/C20H27N3O3/c24-19(21-10-3-13-25-14-15-6-7-15)16-8-11-23(12-9-16)20-22-17-4-1-2-5-18(17)26-20/h1-2,4-5,15-16H,3,6-14H2,(H,21,24). The molecular weight excluding hydrogens is 330 g/mol. The molecule has 0 unspecified atom stereocenters. The van der Waals surface area contributed by atoms with Gasteiger partial charge in [0.25, 0.3) is 6.01 Å². The summed E-state index contributed by atoms with van der Waals surface area (Å²) >= 11 is 0. The maximum Gasteiger partial charge on any atom is 0.298 e. The molecule has 0 atom stereocenters. The van der Waals surface area contributed by atoms with Crippen molar-refractivity contribution in [3.8, 4) is 0 Å². The Kier molecular flexibility index (Phi) is 5.39. The molecule has 1 saturated heterocycles. The highest BCUT2D eigenvalue weighted by Gasteiger charge is 2.27. The van der Waals surface area contributed by atoms with Gasteiger partial charge in [-0.1, -0.05) is 12.1 Å². The molecule has 140 valence electrons. The number of nitrogens with zero attached hydrogens (tertiary/aromatic N) is 2. The van der Waals surface area contributed by atoms with Crippen molar-refractivity contribution in [2.24, 2.45) is 11.8 Å². The average molecular weight is 357 g/mol. The first-order valence-electron chi connectivity index (χ1n) is 9.75. The maximum absolute atomic E-state index is 12.3. The van der Waals surface area contributed by atoms with Crippen LogP contribution >= 0.6 is 0 Å². The van der Waals surface area contributed by atoms with Crippen molar-refractivity contribution in [3.05, 3.63) is 24.3 Å². The second-order valence-electron chi connectivity index (χ2n) is 7.39. The number of nitrogens with one attached hydrogen (secondary N) is 1. The summed E-state index contributed by atoms with van der Waals surface area (Å²) in [4.78, 5) is 19.0. The number of piperidine rings is 1. The Morgan fingerprint density at radius 3 is 2.81 bits per heavy atom. The zero-order valence-electron chi connectivity index (χ0n) is 15.2. The molecule has 2 aromatic rings. The van der Waals surface area contributed by atoms with E-state index in [4.69, 9.17) is 9.15 Å². The van der Waals surface area contributed by atoms with Gasteiger partial charge in [0, 0.05) is 38.8 Å². The van der Waals surface area contributed by atoms with Gasteiger partial charge >= 0.3 is 0 Å². The van der Waals surface area contributed by atoms with E-state index in [1.165, 1.54) is 12.8 Å². The van der Waals surface area contributed by atoms with Crippen molar-refractivity contribution < 1.29 is 13.9 Å². The number of carbonyl (C=O) groups is 1. The smallest absolute Gasteiger partial charge is 0.298 e. The highest BCUT2D eigenvalue weighted by molar-refractivity contribution is 5.79. The number of amides is 1. The number of oxazole rings is 1. The van der Waals surface area contributed by atoms with Gasteiger partial charge in [-0.25, -0.2) is 0 Å². The molecule has 1 amide bonds. The van der Waals surface area contributed by atoms with Crippen molar-refractivity contribution in [1.82, 2.24) is 10.3 Å². The molecule has 1 aliphatic carbocycles. The first kappa shape index (κ1) is 17.3. The number of hydrogen-bond donors (Lipinski definition) is 1. The third-order valence-electron chi connectivity index (χ3n) is 5.23. The monoisotopic (exact) mass is 357 g/mol. The van der Waals surface area contributed by atoms with Gasteiger partial charge in [0.05, 0.1) is 0 Å². The minimum atomic E-state index is 0.0861. The van der Waals surface area contributed by atoms with E-state index in [1.54, 1.807) is 0 Å². The van der Waals surface area contributed by atoms with E-state index in [1.807, 2.05) is 24.3 Å². The molecular formula is C20H27N3O3. The molecule has 6 heteroatoms. The van der Waals surface area contributed by atoms with Gasteiger partial charge in [-0.15, -0.1) is 0 Å². The van der Waals surface area contributed by atoms with E-state index in [9.17, 15) is 4.79 Å². The Balaban J connectivity index is 1.17. The van der Waals surface area contributed by atoms with Crippen LogP contribution in [0.25, 0.3) is 11.1 Å². The van der Waals surface area contributed by atoms with Gasteiger partial charge in [-0.2, -0.15) is 4.98 Å². The Bertz CT molecular complexity index is 700. The summed E-state index contributed by atoms with van der Waals surface area (Å²) in [6.07, 6.45) is 5.20. The van der Waals surface area contributed by atoms with Crippen LogP contribution in [0.15, 0.2) is 28.7 Å². The van der Waals surface area contributed by atoms with Crippen LogP contribution in [-0.2, 0) is 9.53 Å². The van der Waals surface area contributed by atoms with Crippen molar-refractivity contribution in [2.75, 3.05) is 37.7 Å². The second kappa shape index (κ2) is 8.08. The fourth-order valence-corrected chi connectivity index (χ4v) is 3.39. The molecule has 2 fully saturated rings. The van der Waals surface area contributed by atoms with Crippen LogP contribution in [0.3, 0.4) is 0 Å². The molecule has 1 aromatic heterocycles. The average Bonchev–Trinajstić information content (AvgIpc) is 3.40. The lowest BCUT2D eigenvalue weighted by Gasteiger charge is -2.30. The molecule has 2 aliphatic rings. The number of para-hydroxylation sites is 2. The van der Waals surface area contributed by atoms with E-state index < -0.39 is 0 Å². The molecule has 1 saturated carbocycles. The van der Waals surface area contributed by atoms with E-state index in [0.717, 1.165) is 62.6 Å². The Morgan fingerprint density at radius 1 is 1.23 bits per heavy atom. The van der Waals surface area contributed by atoms with Crippen LogP contribution in [0.5, 0.6) is 0 Å². The Morgan fingerprint density at radius 2 is 2.04 bits per heavy atom. The number of ether oxygens (including phenoxy) is 1. The number of carbonyl (C=O) groups excluding carboxylic acids is 1. The van der Waals surface area contributed by atoms with Crippen LogP contribution in [0, 0.1) is 11.8 Å². The fraction of sp³-hybridized carbons (Fsp3) is 0.600. The highest BCUT2D eigenvalue weighted by Crippen LogP contribution is 2.29. The van der Waals surface area contributed by atoms with Crippen LogP contribution in [0.1, 0.15) is 32.1 Å².